The van der Waals surface area contributed by atoms with Crippen molar-refractivity contribution in [2.45, 2.75) is 13.8 Å². The molecule has 9 heteroatoms. The Labute approximate surface area is 158 Å². The first-order chi connectivity index (χ1) is 12.9. The van der Waals surface area contributed by atoms with Crippen LogP contribution in [0.4, 0.5) is 10.5 Å². The Morgan fingerprint density at radius 3 is 2.52 bits per heavy atom. The minimum Gasteiger partial charge on any atom is -0.490 e. The highest BCUT2D eigenvalue weighted by atomic mass is 16.5. The van der Waals surface area contributed by atoms with Crippen LogP contribution < -0.4 is 20.1 Å². The number of imide groups is 1. The molecule has 1 aromatic carbocycles. The topological polar surface area (TPSA) is 100 Å². The molecule has 0 atom stereocenters. The van der Waals surface area contributed by atoms with E-state index in [1.54, 1.807) is 30.1 Å². The minimum atomic E-state index is -0.393. The summed E-state index contributed by atoms with van der Waals surface area (Å²) in [4.78, 5) is 38.5. The van der Waals surface area contributed by atoms with Crippen LogP contribution in [-0.4, -0.2) is 74.1 Å². The molecule has 0 bridgehead atoms. The second kappa shape index (κ2) is 9.77. The van der Waals surface area contributed by atoms with Gasteiger partial charge in [-0.05, 0) is 33.0 Å². The molecule has 0 saturated carbocycles. The van der Waals surface area contributed by atoms with Crippen molar-refractivity contribution < 1.29 is 23.9 Å². The van der Waals surface area contributed by atoms with Crippen LogP contribution in [0.1, 0.15) is 13.8 Å². The van der Waals surface area contributed by atoms with E-state index in [0.29, 0.717) is 43.5 Å². The molecule has 9 nitrogen and oxygen atoms in total. The van der Waals surface area contributed by atoms with Crippen molar-refractivity contribution in [3.05, 3.63) is 18.2 Å². The van der Waals surface area contributed by atoms with Crippen LogP contribution in [0.5, 0.6) is 11.5 Å². The normalized spacial score (nSPS) is 13.5. The predicted octanol–water partition coefficient (Wildman–Crippen LogP) is 0.906. The average Bonchev–Trinajstić information content (AvgIpc) is 3.03. The SMILES string of the molecule is CCOc1ccc(NC(=O)CN(C)CC(=O)N2CCNC2=O)cc1OCC. The smallest absolute Gasteiger partial charge is 0.324 e. The molecule has 27 heavy (non-hydrogen) atoms. The highest BCUT2D eigenvalue weighted by Gasteiger charge is 2.26. The molecule has 1 saturated heterocycles. The molecule has 148 valence electrons. The maximum Gasteiger partial charge on any atom is 0.324 e. The zero-order chi connectivity index (χ0) is 19.8. The summed E-state index contributed by atoms with van der Waals surface area (Å²) in [6.07, 6.45) is 0. The summed E-state index contributed by atoms with van der Waals surface area (Å²) in [5, 5.41) is 5.34. The minimum absolute atomic E-state index is 0.0123. The monoisotopic (exact) mass is 378 g/mol. The Morgan fingerprint density at radius 1 is 1.19 bits per heavy atom. The first kappa shape index (κ1) is 20.5. The molecular weight excluding hydrogens is 352 g/mol. The van der Waals surface area contributed by atoms with Crippen molar-refractivity contribution in [3.63, 3.8) is 0 Å². The Balaban J connectivity index is 1.89. The number of amides is 4. The molecule has 4 amide bonds. The first-order valence-corrected chi connectivity index (χ1v) is 8.90. The van der Waals surface area contributed by atoms with Crippen molar-refractivity contribution in [2.24, 2.45) is 0 Å². The fourth-order valence-corrected chi connectivity index (χ4v) is 2.66. The molecule has 1 heterocycles. The van der Waals surface area contributed by atoms with Crippen LogP contribution in [0.25, 0.3) is 0 Å². The third-order valence-electron chi connectivity index (χ3n) is 3.80. The molecule has 2 rings (SSSR count). The van der Waals surface area contributed by atoms with E-state index < -0.39 is 6.03 Å². The lowest BCUT2D eigenvalue weighted by Crippen LogP contribution is -2.42. The molecule has 0 spiro atoms. The highest BCUT2D eigenvalue weighted by molar-refractivity contribution is 5.97. The van der Waals surface area contributed by atoms with Crippen molar-refractivity contribution in [1.82, 2.24) is 15.1 Å². The summed E-state index contributed by atoms with van der Waals surface area (Å²) in [5.74, 6) is 0.562. The highest BCUT2D eigenvalue weighted by Crippen LogP contribution is 2.30. The van der Waals surface area contributed by atoms with E-state index >= 15 is 0 Å². The molecule has 1 aliphatic heterocycles. The number of carbonyl (C=O) groups is 3. The average molecular weight is 378 g/mol. The maximum absolute atomic E-state index is 12.2. The van der Waals surface area contributed by atoms with Crippen molar-refractivity contribution in [1.29, 1.82) is 0 Å². The third-order valence-corrected chi connectivity index (χ3v) is 3.80. The van der Waals surface area contributed by atoms with Crippen LogP contribution >= 0.6 is 0 Å². The number of nitrogens with zero attached hydrogens (tertiary/aromatic N) is 2. The lowest BCUT2D eigenvalue weighted by molar-refractivity contribution is -0.128. The zero-order valence-electron chi connectivity index (χ0n) is 15.9. The second-order valence-electron chi connectivity index (χ2n) is 6.03. The summed E-state index contributed by atoms with van der Waals surface area (Å²) >= 11 is 0. The van der Waals surface area contributed by atoms with Crippen LogP contribution in [0.2, 0.25) is 0 Å². The van der Waals surface area contributed by atoms with Gasteiger partial charge in [-0.25, -0.2) is 4.79 Å². The molecule has 1 aliphatic rings. The lowest BCUT2D eigenvalue weighted by atomic mass is 10.2. The predicted molar refractivity (Wildman–Crippen MR) is 100 cm³/mol. The molecule has 0 aliphatic carbocycles. The maximum atomic E-state index is 12.2. The van der Waals surface area contributed by atoms with E-state index in [9.17, 15) is 14.4 Å². The van der Waals surface area contributed by atoms with Gasteiger partial charge in [0.1, 0.15) is 0 Å². The molecule has 2 N–H and O–H groups in total. The van der Waals surface area contributed by atoms with Crippen LogP contribution in [0.3, 0.4) is 0 Å². The lowest BCUT2D eigenvalue weighted by Gasteiger charge is -2.19. The summed E-state index contributed by atoms with van der Waals surface area (Å²) < 4.78 is 11.0. The zero-order valence-corrected chi connectivity index (χ0v) is 15.9. The van der Waals surface area contributed by atoms with E-state index in [4.69, 9.17) is 9.47 Å². The van der Waals surface area contributed by atoms with Gasteiger partial charge in [0.2, 0.25) is 11.8 Å². The first-order valence-electron chi connectivity index (χ1n) is 8.90. The standard InChI is InChI=1S/C18H26N4O5/c1-4-26-14-7-6-13(10-15(14)27-5-2)20-16(23)11-21(3)12-17(24)22-9-8-19-18(22)25/h6-7,10H,4-5,8-9,11-12H2,1-3H3,(H,19,25)(H,20,23). The summed E-state index contributed by atoms with van der Waals surface area (Å²) in [6.45, 7) is 5.54. The quantitative estimate of drug-likeness (QED) is 0.662. The molecule has 1 aromatic rings. The van der Waals surface area contributed by atoms with Crippen molar-refractivity contribution in [3.8, 4) is 11.5 Å². The third kappa shape index (κ3) is 5.85. The molecule has 0 unspecified atom stereocenters. The second-order valence-corrected chi connectivity index (χ2v) is 6.03. The largest absolute Gasteiger partial charge is 0.490 e. The van der Waals surface area contributed by atoms with Gasteiger partial charge < -0.3 is 20.1 Å². The Kier molecular flexibility index (Phi) is 7.42. The van der Waals surface area contributed by atoms with Gasteiger partial charge >= 0.3 is 6.03 Å². The van der Waals surface area contributed by atoms with E-state index in [1.807, 2.05) is 13.8 Å². The van der Waals surface area contributed by atoms with Gasteiger partial charge in [-0.1, -0.05) is 0 Å². The van der Waals surface area contributed by atoms with E-state index in [1.165, 1.54) is 0 Å². The molecule has 0 radical (unpaired) electrons. The van der Waals surface area contributed by atoms with E-state index in [0.717, 1.165) is 4.90 Å². The molecule has 1 fully saturated rings. The molecular formula is C18H26N4O5. The Morgan fingerprint density at radius 2 is 1.89 bits per heavy atom. The van der Waals surface area contributed by atoms with Crippen LogP contribution in [0, 0.1) is 0 Å². The molecule has 0 aromatic heterocycles. The number of carbonyl (C=O) groups excluding carboxylic acids is 3. The number of benzene rings is 1. The number of urea groups is 1. The fourth-order valence-electron chi connectivity index (χ4n) is 2.66. The summed E-state index contributed by atoms with van der Waals surface area (Å²) in [6, 6.07) is 4.77. The van der Waals surface area contributed by atoms with Gasteiger partial charge in [0.15, 0.2) is 11.5 Å². The van der Waals surface area contributed by atoms with Crippen molar-refractivity contribution >= 4 is 23.5 Å². The number of hydrogen-bond acceptors (Lipinski definition) is 6. The number of nitrogens with one attached hydrogen (secondary N) is 2. The van der Waals surface area contributed by atoms with Gasteiger partial charge in [-0.15, -0.1) is 0 Å². The number of anilines is 1. The number of ether oxygens (including phenoxy) is 2. The van der Waals surface area contributed by atoms with Crippen LogP contribution in [-0.2, 0) is 9.59 Å². The van der Waals surface area contributed by atoms with E-state index in [2.05, 4.69) is 10.6 Å². The van der Waals surface area contributed by atoms with Gasteiger partial charge in [-0.3, -0.25) is 19.4 Å². The summed E-state index contributed by atoms with van der Waals surface area (Å²) in [5.41, 5.74) is 0.575. The van der Waals surface area contributed by atoms with Gasteiger partial charge in [-0.2, -0.15) is 0 Å². The number of likely N-dealkylation sites (N-methyl/N-ethyl adjacent to an activating group) is 1. The van der Waals surface area contributed by atoms with Crippen molar-refractivity contribution in [2.75, 3.05) is 51.8 Å². The van der Waals surface area contributed by atoms with Gasteiger partial charge in [0.25, 0.3) is 0 Å². The van der Waals surface area contributed by atoms with E-state index in [-0.39, 0.29) is 24.9 Å². The Bertz CT molecular complexity index is 694. The van der Waals surface area contributed by atoms with Gasteiger partial charge in [0.05, 0.1) is 26.3 Å². The van der Waals surface area contributed by atoms with Crippen LogP contribution in [0.15, 0.2) is 18.2 Å². The number of hydrogen-bond donors (Lipinski definition) is 2. The Hall–Kier alpha value is -2.81. The van der Waals surface area contributed by atoms with Gasteiger partial charge in [0, 0.05) is 24.8 Å². The number of rotatable bonds is 9. The summed E-state index contributed by atoms with van der Waals surface area (Å²) in [7, 11) is 1.65. The fraction of sp³-hybridized carbons (Fsp3) is 0.500.